The molecule has 0 aliphatic carbocycles. The lowest BCUT2D eigenvalue weighted by molar-refractivity contribution is 0.354. The second-order valence-electron chi connectivity index (χ2n) is 4.82. The molecule has 2 aromatic rings. The van der Waals surface area contributed by atoms with Crippen molar-refractivity contribution in [1.82, 2.24) is 15.1 Å². The molecule has 0 bridgehead atoms. The molecule has 21 heavy (non-hydrogen) atoms. The van der Waals surface area contributed by atoms with Gasteiger partial charge in [0.2, 0.25) is 0 Å². The average molecular weight is 354 g/mol. The van der Waals surface area contributed by atoms with Crippen LogP contribution in [0, 0.1) is 6.92 Å². The number of aromatic nitrogens is 2. The smallest absolute Gasteiger partial charge is 0.161 e. The molecule has 2 rings (SSSR count). The molecule has 0 aliphatic heterocycles. The standard InChI is InChI=1S/C15H20BrN3O2/c1-10-12(9-19(2)18-10)8-17-7-11-5-14(20-3)15(21-4)6-13(11)16/h5-6,9,17H,7-8H2,1-4H3. The Balaban J connectivity index is 2.04. The van der Waals surface area contributed by atoms with Gasteiger partial charge in [-0.25, -0.2) is 0 Å². The molecule has 114 valence electrons. The number of nitrogens with one attached hydrogen (secondary N) is 1. The Morgan fingerprint density at radius 3 is 2.33 bits per heavy atom. The zero-order valence-electron chi connectivity index (χ0n) is 12.7. The molecular weight excluding hydrogens is 334 g/mol. The van der Waals surface area contributed by atoms with Gasteiger partial charge in [-0.2, -0.15) is 5.10 Å². The topological polar surface area (TPSA) is 48.3 Å². The number of methoxy groups -OCH3 is 2. The number of aryl methyl sites for hydroxylation is 2. The van der Waals surface area contributed by atoms with E-state index in [0.717, 1.165) is 40.3 Å². The summed E-state index contributed by atoms with van der Waals surface area (Å²) in [6.07, 6.45) is 2.03. The number of hydrogen-bond donors (Lipinski definition) is 1. The third-order valence-corrected chi connectivity index (χ3v) is 4.04. The van der Waals surface area contributed by atoms with Gasteiger partial charge in [-0.15, -0.1) is 0 Å². The van der Waals surface area contributed by atoms with Crippen molar-refractivity contribution in [3.63, 3.8) is 0 Å². The molecule has 0 unspecified atom stereocenters. The Bertz CT molecular complexity index is 626. The molecule has 0 radical (unpaired) electrons. The van der Waals surface area contributed by atoms with Crippen LogP contribution in [0.25, 0.3) is 0 Å². The third kappa shape index (κ3) is 3.77. The number of halogens is 1. The summed E-state index contributed by atoms with van der Waals surface area (Å²) in [6, 6.07) is 3.90. The highest BCUT2D eigenvalue weighted by Crippen LogP contribution is 2.33. The van der Waals surface area contributed by atoms with Crippen LogP contribution in [0.5, 0.6) is 11.5 Å². The predicted molar refractivity (Wildman–Crippen MR) is 85.7 cm³/mol. The molecule has 1 aromatic heterocycles. The van der Waals surface area contributed by atoms with Crippen LogP contribution in [-0.4, -0.2) is 24.0 Å². The van der Waals surface area contributed by atoms with E-state index in [1.165, 1.54) is 5.56 Å². The zero-order valence-corrected chi connectivity index (χ0v) is 14.3. The van der Waals surface area contributed by atoms with Gasteiger partial charge in [-0.05, 0) is 24.6 Å². The number of benzene rings is 1. The normalized spacial score (nSPS) is 10.7. The van der Waals surface area contributed by atoms with Crippen LogP contribution >= 0.6 is 15.9 Å². The molecule has 0 atom stereocenters. The van der Waals surface area contributed by atoms with Crippen molar-refractivity contribution in [2.24, 2.45) is 7.05 Å². The van der Waals surface area contributed by atoms with Gasteiger partial charge in [-0.1, -0.05) is 15.9 Å². The molecule has 0 amide bonds. The van der Waals surface area contributed by atoms with Gasteiger partial charge in [0.05, 0.1) is 19.9 Å². The van der Waals surface area contributed by atoms with Gasteiger partial charge in [0, 0.05) is 36.4 Å². The molecular formula is C15H20BrN3O2. The van der Waals surface area contributed by atoms with Gasteiger partial charge in [0.15, 0.2) is 11.5 Å². The Morgan fingerprint density at radius 1 is 1.14 bits per heavy atom. The molecule has 1 heterocycles. The minimum atomic E-state index is 0.719. The minimum Gasteiger partial charge on any atom is -0.493 e. The number of ether oxygens (including phenoxy) is 2. The van der Waals surface area contributed by atoms with Gasteiger partial charge in [0.25, 0.3) is 0 Å². The van der Waals surface area contributed by atoms with E-state index >= 15 is 0 Å². The summed E-state index contributed by atoms with van der Waals surface area (Å²) in [7, 11) is 5.21. The van der Waals surface area contributed by atoms with Crippen molar-refractivity contribution < 1.29 is 9.47 Å². The van der Waals surface area contributed by atoms with Crippen molar-refractivity contribution in [2.75, 3.05) is 14.2 Å². The van der Waals surface area contributed by atoms with Gasteiger partial charge < -0.3 is 14.8 Å². The van der Waals surface area contributed by atoms with E-state index < -0.39 is 0 Å². The first kappa shape index (κ1) is 15.9. The van der Waals surface area contributed by atoms with E-state index in [1.54, 1.807) is 14.2 Å². The van der Waals surface area contributed by atoms with Gasteiger partial charge in [0.1, 0.15) is 0 Å². The second-order valence-corrected chi connectivity index (χ2v) is 5.67. The molecule has 0 saturated heterocycles. The molecule has 1 aromatic carbocycles. The van der Waals surface area contributed by atoms with E-state index in [-0.39, 0.29) is 0 Å². The van der Waals surface area contributed by atoms with Crippen LogP contribution in [0.4, 0.5) is 0 Å². The maximum atomic E-state index is 5.33. The summed E-state index contributed by atoms with van der Waals surface area (Å²) in [6.45, 7) is 3.53. The van der Waals surface area contributed by atoms with Gasteiger partial charge >= 0.3 is 0 Å². The summed E-state index contributed by atoms with van der Waals surface area (Å²) < 4.78 is 13.4. The van der Waals surface area contributed by atoms with E-state index in [0.29, 0.717) is 0 Å². The molecule has 0 aliphatic rings. The van der Waals surface area contributed by atoms with Crippen molar-refractivity contribution >= 4 is 15.9 Å². The largest absolute Gasteiger partial charge is 0.493 e. The molecule has 0 fully saturated rings. The fourth-order valence-electron chi connectivity index (χ4n) is 2.19. The summed E-state index contributed by atoms with van der Waals surface area (Å²) in [5, 5.41) is 7.76. The number of hydrogen-bond acceptors (Lipinski definition) is 4. The lowest BCUT2D eigenvalue weighted by atomic mass is 10.2. The molecule has 5 nitrogen and oxygen atoms in total. The maximum Gasteiger partial charge on any atom is 0.161 e. The Morgan fingerprint density at radius 2 is 1.76 bits per heavy atom. The van der Waals surface area contributed by atoms with Crippen molar-refractivity contribution in [3.05, 3.63) is 39.6 Å². The van der Waals surface area contributed by atoms with Gasteiger partial charge in [-0.3, -0.25) is 4.68 Å². The molecule has 0 saturated carbocycles. The molecule has 0 spiro atoms. The SMILES string of the molecule is COc1cc(Br)c(CNCc2cn(C)nc2C)cc1OC. The first-order valence-electron chi connectivity index (χ1n) is 6.65. The number of rotatable bonds is 6. The lowest BCUT2D eigenvalue weighted by Crippen LogP contribution is -2.13. The predicted octanol–water partition coefficient (Wildman–Crippen LogP) is 2.80. The zero-order chi connectivity index (χ0) is 15.4. The third-order valence-electron chi connectivity index (χ3n) is 3.30. The highest BCUT2D eigenvalue weighted by molar-refractivity contribution is 9.10. The summed E-state index contributed by atoms with van der Waals surface area (Å²) in [5.74, 6) is 1.45. The summed E-state index contributed by atoms with van der Waals surface area (Å²) in [5.41, 5.74) is 3.37. The Labute approximate surface area is 133 Å². The fraction of sp³-hybridized carbons (Fsp3) is 0.400. The monoisotopic (exact) mass is 353 g/mol. The van der Waals surface area contributed by atoms with Crippen molar-refractivity contribution in [2.45, 2.75) is 20.0 Å². The average Bonchev–Trinajstić information content (AvgIpc) is 2.78. The number of nitrogens with zero attached hydrogens (tertiary/aromatic N) is 2. The highest BCUT2D eigenvalue weighted by atomic mass is 79.9. The summed E-state index contributed by atoms with van der Waals surface area (Å²) in [4.78, 5) is 0. The van der Waals surface area contributed by atoms with E-state index in [4.69, 9.17) is 9.47 Å². The Hall–Kier alpha value is -1.53. The first-order valence-corrected chi connectivity index (χ1v) is 7.44. The second kappa shape index (κ2) is 6.95. The maximum absolute atomic E-state index is 5.33. The van der Waals surface area contributed by atoms with Crippen LogP contribution in [0.1, 0.15) is 16.8 Å². The quantitative estimate of drug-likeness (QED) is 0.867. The Kier molecular flexibility index (Phi) is 5.25. The fourth-order valence-corrected chi connectivity index (χ4v) is 2.65. The van der Waals surface area contributed by atoms with Crippen LogP contribution in [0.3, 0.4) is 0 Å². The van der Waals surface area contributed by atoms with E-state index in [1.807, 2.05) is 37.0 Å². The van der Waals surface area contributed by atoms with Crippen LogP contribution in [0.15, 0.2) is 22.8 Å². The minimum absolute atomic E-state index is 0.719. The lowest BCUT2D eigenvalue weighted by Gasteiger charge is -2.12. The molecule has 1 N–H and O–H groups in total. The van der Waals surface area contributed by atoms with Crippen molar-refractivity contribution in [1.29, 1.82) is 0 Å². The van der Waals surface area contributed by atoms with Crippen molar-refractivity contribution in [3.8, 4) is 11.5 Å². The highest BCUT2D eigenvalue weighted by Gasteiger charge is 2.10. The summed E-state index contributed by atoms with van der Waals surface area (Å²) >= 11 is 3.56. The van der Waals surface area contributed by atoms with Crippen LogP contribution in [-0.2, 0) is 20.1 Å². The molecule has 6 heteroatoms. The van der Waals surface area contributed by atoms with Crippen LogP contribution < -0.4 is 14.8 Å². The van der Waals surface area contributed by atoms with Crippen LogP contribution in [0.2, 0.25) is 0 Å². The first-order chi connectivity index (χ1) is 10.0. The van der Waals surface area contributed by atoms with E-state index in [9.17, 15) is 0 Å². The van der Waals surface area contributed by atoms with E-state index in [2.05, 4.69) is 26.3 Å².